The Kier molecular flexibility index (Phi) is 2.60. The SMILES string of the molecule is NC(=O)N(c1ccccc1)c1ncc2[nH]ccc2n1. The standard InChI is InChI=1S/C13H11N5O/c14-12(19)18(9-4-2-1-3-5-9)13-16-8-11-10(17-13)6-7-15-11/h1-8,15H,(H2,14,19). The van der Waals surface area contributed by atoms with Crippen LogP contribution >= 0.6 is 0 Å². The zero-order valence-electron chi connectivity index (χ0n) is 9.95. The van der Waals surface area contributed by atoms with E-state index in [4.69, 9.17) is 5.73 Å². The van der Waals surface area contributed by atoms with E-state index < -0.39 is 6.03 Å². The fourth-order valence-corrected chi connectivity index (χ4v) is 1.86. The molecule has 0 spiro atoms. The van der Waals surface area contributed by atoms with Crippen molar-refractivity contribution in [3.8, 4) is 0 Å². The second kappa shape index (κ2) is 4.41. The van der Waals surface area contributed by atoms with Crippen LogP contribution in [0.15, 0.2) is 48.8 Å². The maximum absolute atomic E-state index is 11.6. The van der Waals surface area contributed by atoms with Gasteiger partial charge in [0, 0.05) is 6.20 Å². The van der Waals surface area contributed by atoms with Crippen molar-refractivity contribution in [2.75, 3.05) is 4.90 Å². The molecule has 0 aliphatic carbocycles. The Labute approximate surface area is 108 Å². The lowest BCUT2D eigenvalue weighted by Gasteiger charge is -2.17. The normalized spacial score (nSPS) is 10.5. The van der Waals surface area contributed by atoms with Crippen molar-refractivity contribution in [1.29, 1.82) is 0 Å². The number of carbonyl (C=O) groups excluding carboxylic acids is 1. The number of rotatable bonds is 2. The number of benzene rings is 1. The first-order valence-corrected chi connectivity index (χ1v) is 5.70. The van der Waals surface area contributed by atoms with Crippen molar-refractivity contribution in [3.63, 3.8) is 0 Å². The van der Waals surface area contributed by atoms with Crippen LogP contribution < -0.4 is 10.6 Å². The van der Waals surface area contributed by atoms with Crippen LogP contribution in [-0.4, -0.2) is 21.0 Å². The molecule has 0 radical (unpaired) electrons. The predicted molar refractivity (Wildman–Crippen MR) is 72.1 cm³/mol. The van der Waals surface area contributed by atoms with Crippen LogP contribution in [0.1, 0.15) is 0 Å². The molecule has 0 unspecified atom stereocenters. The van der Waals surface area contributed by atoms with Crippen LogP contribution in [0.3, 0.4) is 0 Å². The third-order valence-corrected chi connectivity index (χ3v) is 2.72. The summed E-state index contributed by atoms with van der Waals surface area (Å²) >= 11 is 0. The molecule has 3 aromatic rings. The van der Waals surface area contributed by atoms with Crippen LogP contribution in [0.5, 0.6) is 0 Å². The number of primary amides is 1. The molecule has 0 atom stereocenters. The van der Waals surface area contributed by atoms with E-state index in [1.807, 2.05) is 24.3 Å². The lowest BCUT2D eigenvalue weighted by molar-refractivity contribution is 0.256. The first kappa shape index (κ1) is 11.2. The van der Waals surface area contributed by atoms with Crippen LogP contribution in [0.25, 0.3) is 11.0 Å². The molecule has 6 nitrogen and oxygen atoms in total. The van der Waals surface area contributed by atoms with Gasteiger partial charge >= 0.3 is 6.03 Å². The number of aromatic nitrogens is 3. The number of urea groups is 1. The number of anilines is 2. The molecule has 0 fully saturated rings. The highest BCUT2D eigenvalue weighted by Crippen LogP contribution is 2.22. The molecule has 0 aliphatic rings. The molecule has 0 aliphatic heterocycles. The molecule has 0 bridgehead atoms. The van der Waals surface area contributed by atoms with E-state index in [0.717, 1.165) is 11.0 Å². The summed E-state index contributed by atoms with van der Waals surface area (Å²) in [5.41, 5.74) is 7.58. The second-order valence-electron chi connectivity index (χ2n) is 3.96. The fraction of sp³-hybridized carbons (Fsp3) is 0. The van der Waals surface area contributed by atoms with Gasteiger partial charge in [-0.25, -0.2) is 19.7 Å². The van der Waals surface area contributed by atoms with E-state index in [0.29, 0.717) is 5.69 Å². The summed E-state index contributed by atoms with van der Waals surface area (Å²) in [4.78, 5) is 24.4. The molecule has 0 saturated heterocycles. The number of carbonyl (C=O) groups is 1. The molecule has 0 saturated carbocycles. The van der Waals surface area contributed by atoms with Gasteiger partial charge in [0.15, 0.2) is 0 Å². The van der Waals surface area contributed by atoms with Crippen molar-refractivity contribution in [2.24, 2.45) is 5.73 Å². The summed E-state index contributed by atoms with van der Waals surface area (Å²) in [6.07, 6.45) is 3.39. The van der Waals surface area contributed by atoms with Crippen LogP contribution in [-0.2, 0) is 0 Å². The molecular weight excluding hydrogens is 242 g/mol. The lowest BCUT2D eigenvalue weighted by Crippen LogP contribution is -2.32. The Morgan fingerprint density at radius 2 is 2.00 bits per heavy atom. The molecule has 6 heteroatoms. The first-order valence-electron chi connectivity index (χ1n) is 5.70. The Bertz CT molecular complexity index is 722. The van der Waals surface area contributed by atoms with Gasteiger partial charge in [-0.15, -0.1) is 0 Å². The molecule has 19 heavy (non-hydrogen) atoms. The zero-order valence-corrected chi connectivity index (χ0v) is 9.95. The van der Waals surface area contributed by atoms with Gasteiger partial charge in [0.2, 0.25) is 5.95 Å². The number of para-hydroxylation sites is 1. The summed E-state index contributed by atoms with van der Waals surface area (Å²) in [6, 6.07) is 10.2. The Balaban J connectivity index is 2.12. The van der Waals surface area contributed by atoms with Crippen molar-refractivity contribution in [1.82, 2.24) is 15.0 Å². The largest absolute Gasteiger partial charge is 0.359 e. The maximum atomic E-state index is 11.6. The highest BCUT2D eigenvalue weighted by molar-refractivity contribution is 5.97. The number of amides is 2. The lowest BCUT2D eigenvalue weighted by atomic mass is 10.3. The number of nitrogens with two attached hydrogens (primary N) is 1. The average molecular weight is 253 g/mol. The highest BCUT2D eigenvalue weighted by atomic mass is 16.2. The van der Waals surface area contributed by atoms with Gasteiger partial charge in [-0.05, 0) is 18.2 Å². The van der Waals surface area contributed by atoms with Gasteiger partial charge in [-0.3, -0.25) is 0 Å². The topological polar surface area (TPSA) is 87.9 Å². The average Bonchev–Trinajstić information content (AvgIpc) is 2.87. The Hall–Kier alpha value is -2.89. The van der Waals surface area contributed by atoms with Gasteiger partial charge in [-0.2, -0.15) is 0 Å². The van der Waals surface area contributed by atoms with Gasteiger partial charge in [-0.1, -0.05) is 18.2 Å². The fourth-order valence-electron chi connectivity index (χ4n) is 1.86. The van der Waals surface area contributed by atoms with Gasteiger partial charge in [0.25, 0.3) is 0 Å². The van der Waals surface area contributed by atoms with E-state index in [1.165, 1.54) is 4.90 Å². The molecule has 3 rings (SSSR count). The molecule has 3 N–H and O–H groups in total. The number of hydrogen-bond donors (Lipinski definition) is 2. The van der Waals surface area contributed by atoms with Crippen LogP contribution in [0, 0.1) is 0 Å². The maximum Gasteiger partial charge on any atom is 0.326 e. The van der Waals surface area contributed by atoms with Gasteiger partial charge < -0.3 is 10.7 Å². The Morgan fingerprint density at radius 3 is 2.74 bits per heavy atom. The van der Waals surface area contributed by atoms with Crippen molar-refractivity contribution < 1.29 is 4.79 Å². The predicted octanol–water partition coefficient (Wildman–Crippen LogP) is 2.17. The summed E-state index contributed by atoms with van der Waals surface area (Å²) in [6.45, 7) is 0. The molecule has 2 amide bonds. The molecule has 2 aromatic heterocycles. The summed E-state index contributed by atoms with van der Waals surface area (Å²) in [5.74, 6) is 0.255. The summed E-state index contributed by atoms with van der Waals surface area (Å²) < 4.78 is 0. The number of nitrogens with zero attached hydrogens (tertiary/aromatic N) is 3. The third kappa shape index (κ3) is 1.99. The first-order chi connectivity index (χ1) is 9.25. The monoisotopic (exact) mass is 253 g/mol. The number of H-pyrrole nitrogens is 1. The second-order valence-corrected chi connectivity index (χ2v) is 3.96. The zero-order chi connectivity index (χ0) is 13.2. The quantitative estimate of drug-likeness (QED) is 0.733. The number of fused-ring (bicyclic) bond motifs is 1. The molecule has 1 aromatic carbocycles. The minimum Gasteiger partial charge on any atom is -0.359 e. The molecule has 2 heterocycles. The van der Waals surface area contributed by atoms with E-state index in [1.54, 1.807) is 24.5 Å². The third-order valence-electron chi connectivity index (χ3n) is 2.72. The van der Waals surface area contributed by atoms with E-state index in [9.17, 15) is 4.79 Å². The summed E-state index contributed by atoms with van der Waals surface area (Å²) in [5, 5.41) is 0. The van der Waals surface area contributed by atoms with Crippen molar-refractivity contribution in [2.45, 2.75) is 0 Å². The van der Waals surface area contributed by atoms with E-state index >= 15 is 0 Å². The summed E-state index contributed by atoms with van der Waals surface area (Å²) in [7, 11) is 0. The highest BCUT2D eigenvalue weighted by Gasteiger charge is 2.17. The minimum atomic E-state index is -0.624. The number of aromatic amines is 1. The van der Waals surface area contributed by atoms with E-state index in [2.05, 4.69) is 15.0 Å². The number of hydrogen-bond acceptors (Lipinski definition) is 3. The van der Waals surface area contributed by atoms with Crippen molar-refractivity contribution in [3.05, 3.63) is 48.8 Å². The van der Waals surface area contributed by atoms with Crippen molar-refractivity contribution >= 4 is 28.7 Å². The Morgan fingerprint density at radius 1 is 1.21 bits per heavy atom. The minimum absolute atomic E-state index is 0.255. The molecule has 94 valence electrons. The number of nitrogens with one attached hydrogen (secondary N) is 1. The van der Waals surface area contributed by atoms with E-state index in [-0.39, 0.29) is 5.95 Å². The van der Waals surface area contributed by atoms with Crippen LogP contribution in [0.2, 0.25) is 0 Å². The molecular formula is C13H11N5O. The van der Waals surface area contributed by atoms with Gasteiger partial charge in [0.1, 0.15) is 0 Å². The van der Waals surface area contributed by atoms with Gasteiger partial charge in [0.05, 0.1) is 22.9 Å². The smallest absolute Gasteiger partial charge is 0.326 e. The van der Waals surface area contributed by atoms with Crippen LogP contribution in [0.4, 0.5) is 16.4 Å².